The molecular weight excluding hydrogens is 308 g/mol. The number of fused-ring (bicyclic) bond motifs is 1. The van der Waals surface area contributed by atoms with Crippen LogP contribution in [0, 0.1) is 0 Å². The number of carbonyl (C=O) groups excluding carboxylic acids is 1. The molecule has 0 spiro atoms. The predicted molar refractivity (Wildman–Crippen MR) is 104 cm³/mol. The largest absolute Gasteiger partial charge is 0.271 e. The van der Waals surface area contributed by atoms with Gasteiger partial charge in [-0.15, -0.1) is 0 Å². The molecule has 25 heavy (non-hydrogen) atoms. The number of carbonyl (C=O) groups is 1. The van der Waals surface area contributed by atoms with Crippen LogP contribution in [0.3, 0.4) is 0 Å². The fraction of sp³-hybridized carbons (Fsp3) is 0.182. The lowest BCUT2D eigenvalue weighted by molar-refractivity contribution is 0.0955. The average molecular weight is 330 g/mol. The van der Waals surface area contributed by atoms with Crippen LogP contribution in [0.5, 0.6) is 0 Å². The third kappa shape index (κ3) is 4.13. The Balaban J connectivity index is 1.67. The third-order valence-corrected chi connectivity index (χ3v) is 4.17. The molecule has 0 fully saturated rings. The molecule has 0 unspecified atom stereocenters. The topological polar surface area (TPSA) is 41.5 Å². The molecule has 1 N–H and O–H groups in total. The maximum Gasteiger partial charge on any atom is 0.271 e. The second kappa shape index (κ2) is 6.89. The van der Waals surface area contributed by atoms with Crippen molar-refractivity contribution in [1.29, 1.82) is 0 Å². The van der Waals surface area contributed by atoms with Gasteiger partial charge in [-0.05, 0) is 45.5 Å². The average Bonchev–Trinajstić information content (AvgIpc) is 2.61. The van der Waals surface area contributed by atoms with Gasteiger partial charge in [-0.3, -0.25) is 4.79 Å². The zero-order valence-corrected chi connectivity index (χ0v) is 14.8. The third-order valence-electron chi connectivity index (χ3n) is 4.17. The zero-order valence-electron chi connectivity index (χ0n) is 14.8. The summed E-state index contributed by atoms with van der Waals surface area (Å²) in [6, 6.07) is 21.9. The van der Waals surface area contributed by atoms with Gasteiger partial charge in [0.1, 0.15) is 0 Å². The number of rotatable bonds is 3. The van der Waals surface area contributed by atoms with E-state index in [4.69, 9.17) is 0 Å². The SMILES string of the molecule is CC(C)(C)c1ccc(C(=O)N/N=C\c2ccc3ccccc3c2)cc1. The number of hydrogen-bond acceptors (Lipinski definition) is 2. The van der Waals surface area contributed by atoms with E-state index in [1.54, 1.807) is 6.21 Å². The molecule has 0 atom stereocenters. The lowest BCUT2D eigenvalue weighted by Gasteiger charge is -2.18. The minimum absolute atomic E-state index is 0.0727. The van der Waals surface area contributed by atoms with Gasteiger partial charge in [0.2, 0.25) is 0 Å². The molecule has 126 valence electrons. The molecular formula is C22H22N2O. The standard InChI is InChI=1S/C22H22N2O/c1-22(2,3)20-12-10-18(11-13-20)21(25)24-23-15-16-8-9-17-6-4-5-7-19(17)14-16/h4-15H,1-3H3,(H,24,25)/b23-15-. The van der Waals surface area contributed by atoms with E-state index in [1.807, 2.05) is 54.6 Å². The lowest BCUT2D eigenvalue weighted by Crippen LogP contribution is -2.18. The van der Waals surface area contributed by atoms with Crippen LogP contribution in [0.25, 0.3) is 10.8 Å². The highest BCUT2D eigenvalue weighted by Gasteiger charge is 2.14. The second-order valence-electron chi connectivity index (χ2n) is 7.13. The lowest BCUT2D eigenvalue weighted by atomic mass is 9.87. The molecule has 3 rings (SSSR count). The van der Waals surface area contributed by atoms with Crippen LogP contribution in [-0.4, -0.2) is 12.1 Å². The zero-order chi connectivity index (χ0) is 17.9. The second-order valence-corrected chi connectivity index (χ2v) is 7.13. The first kappa shape index (κ1) is 16.9. The first-order valence-corrected chi connectivity index (χ1v) is 8.36. The minimum Gasteiger partial charge on any atom is -0.267 e. The smallest absolute Gasteiger partial charge is 0.267 e. The van der Waals surface area contributed by atoms with Crippen LogP contribution in [-0.2, 0) is 5.41 Å². The summed E-state index contributed by atoms with van der Waals surface area (Å²) in [4.78, 5) is 12.2. The number of nitrogens with one attached hydrogen (secondary N) is 1. The molecule has 3 aromatic carbocycles. The van der Waals surface area contributed by atoms with E-state index in [9.17, 15) is 4.79 Å². The molecule has 0 saturated carbocycles. The Morgan fingerprint density at radius 1 is 0.920 bits per heavy atom. The summed E-state index contributed by atoms with van der Waals surface area (Å²) in [6.07, 6.45) is 1.66. The molecule has 0 bridgehead atoms. The molecule has 0 aromatic heterocycles. The Morgan fingerprint density at radius 2 is 1.60 bits per heavy atom. The first-order valence-electron chi connectivity index (χ1n) is 8.36. The first-order chi connectivity index (χ1) is 11.9. The van der Waals surface area contributed by atoms with E-state index in [0.717, 1.165) is 10.9 Å². The fourth-order valence-electron chi connectivity index (χ4n) is 2.64. The van der Waals surface area contributed by atoms with Gasteiger partial charge in [0.05, 0.1) is 6.21 Å². The van der Waals surface area contributed by atoms with Gasteiger partial charge in [-0.25, -0.2) is 5.43 Å². The van der Waals surface area contributed by atoms with Crippen LogP contribution >= 0.6 is 0 Å². The van der Waals surface area contributed by atoms with Gasteiger partial charge in [0.15, 0.2) is 0 Å². The molecule has 3 heteroatoms. The van der Waals surface area contributed by atoms with Crippen LogP contribution in [0.2, 0.25) is 0 Å². The fourth-order valence-corrected chi connectivity index (χ4v) is 2.64. The van der Waals surface area contributed by atoms with E-state index < -0.39 is 0 Å². The normalized spacial score (nSPS) is 11.8. The molecule has 3 nitrogen and oxygen atoms in total. The minimum atomic E-state index is -0.211. The van der Waals surface area contributed by atoms with E-state index in [2.05, 4.69) is 43.4 Å². The monoisotopic (exact) mass is 330 g/mol. The maximum atomic E-state index is 12.2. The highest BCUT2D eigenvalue weighted by atomic mass is 16.2. The van der Waals surface area contributed by atoms with Gasteiger partial charge in [0, 0.05) is 5.56 Å². The van der Waals surface area contributed by atoms with Gasteiger partial charge in [0.25, 0.3) is 5.91 Å². The van der Waals surface area contributed by atoms with Crippen molar-refractivity contribution in [2.45, 2.75) is 26.2 Å². The Morgan fingerprint density at radius 3 is 2.28 bits per heavy atom. The molecule has 0 radical (unpaired) electrons. The van der Waals surface area contributed by atoms with Crippen LogP contribution in [0.4, 0.5) is 0 Å². The number of nitrogens with zero attached hydrogens (tertiary/aromatic N) is 1. The van der Waals surface area contributed by atoms with Crippen molar-refractivity contribution < 1.29 is 4.79 Å². The Kier molecular flexibility index (Phi) is 4.66. The van der Waals surface area contributed by atoms with E-state index in [-0.39, 0.29) is 11.3 Å². The molecule has 0 aliphatic rings. The number of amides is 1. The number of benzene rings is 3. The van der Waals surface area contributed by atoms with Crippen molar-refractivity contribution in [2.24, 2.45) is 5.10 Å². The molecule has 1 amide bonds. The summed E-state index contributed by atoms with van der Waals surface area (Å²) in [7, 11) is 0. The number of hydrogen-bond donors (Lipinski definition) is 1. The Bertz CT molecular complexity index is 919. The van der Waals surface area contributed by atoms with Crippen molar-refractivity contribution in [3.63, 3.8) is 0 Å². The van der Waals surface area contributed by atoms with Crippen LogP contribution < -0.4 is 5.43 Å². The highest BCUT2D eigenvalue weighted by Crippen LogP contribution is 2.22. The Labute approximate surface area is 148 Å². The summed E-state index contributed by atoms with van der Waals surface area (Å²) >= 11 is 0. The summed E-state index contributed by atoms with van der Waals surface area (Å²) in [5.74, 6) is -0.211. The van der Waals surface area contributed by atoms with Gasteiger partial charge >= 0.3 is 0 Å². The Hall–Kier alpha value is -2.94. The summed E-state index contributed by atoms with van der Waals surface area (Å²) in [5, 5.41) is 6.40. The van der Waals surface area contributed by atoms with E-state index >= 15 is 0 Å². The highest BCUT2D eigenvalue weighted by molar-refractivity contribution is 5.95. The quantitative estimate of drug-likeness (QED) is 0.538. The van der Waals surface area contributed by atoms with Gasteiger partial charge in [-0.1, -0.05) is 69.3 Å². The van der Waals surface area contributed by atoms with Crippen molar-refractivity contribution in [1.82, 2.24) is 5.43 Å². The molecule has 0 saturated heterocycles. The predicted octanol–water partition coefficient (Wildman–Crippen LogP) is 4.90. The summed E-state index contributed by atoms with van der Waals surface area (Å²) in [6.45, 7) is 6.45. The summed E-state index contributed by atoms with van der Waals surface area (Å²) < 4.78 is 0. The van der Waals surface area contributed by atoms with E-state index in [0.29, 0.717) is 5.56 Å². The van der Waals surface area contributed by atoms with Crippen molar-refractivity contribution in [3.05, 3.63) is 83.4 Å². The molecule has 0 aliphatic carbocycles. The molecule has 3 aromatic rings. The van der Waals surface area contributed by atoms with E-state index in [1.165, 1.54) is 10.9 Å². The van der Waals surface area contributed by atoms with Crippen molar-refractivity contribution in [2.75, 3.05) is 0 Å². The maximum absolute atomic E-state index is 12.2. The molecule has 0 aliphatic heterocycles. The summed E-state index contributed by atoms with van der Waals surface area (Å²) in [5.41, 5.74) is 5.40. The van der Waals surface area contributed by atoms with Gasteiger partial charge in [-0.2, -0.15) is 5.10 Å². The van der Waals surface area contributed by atoms with Crippen LogP contribution in [0.1, 0.15) is 42.3 Å². The van der Waals surface area contributed by atoms with Crippen LogP contribution in [0.15, 0.2) is 71.8 Å². The van der Waals surface area contributed by atoms with Crippen molar-refractivity contribution >= 4 is 22.9 Å². The molecule has 0 heterocycles. The van der Waals surface area contributed by atoms with Crippen molar-refractivity contribution in [3.8, 4) is 0 Å². The number of hydrazone groups is 1. The van der Waals surface area contributed by atoms with Gasteiger partial charge < -0.3 is 0 Å².